The van der Waals surface area contributed by atoms with Crippen LogP contribution in [0.25, 0.3) is 0 Å². The van der Waals surface area contributed by atoms with Crippen molar-refractivity contribution in [3.8, 4) is 11.5 Å². The summed E-state index contributed by atoms with van der Waals surface area (Å²) in [6.45, 7) is 1.90. The molecule has 0 saturated carbocycles. The number of carbonyl (C=O) groups is 2. The lowest BCUT2D eigenvalue weighted by molar-refractivity contribution is -0.124. The maximum atomic E-state index is 13.1. The number of carbonyl (C=O) groups excluding carboxylic acids is 2. The predicted octanol–water partition coefficient (Wildman–Crippen LogP) is 2.71. The molecule has 1 aliphatic heterocycles. The van der Waals surface area contributed by atoms with Gasteiger partial charge in [0.05, 0.1) is 20.1 Å². The number of hydrogen-bond donors (Lipinski definition) is 1. The third-order valence-corrected chi connectivity index (χ3v) is 5.63. The van der Waals surface area contributed by atoms with Gasteiger partial charge in [-0.15, -0.1) is 0 Å². The predicted molar refractivity (Wildman–Crippen MR) is 118 cm³/mol. The van der Waals surface area contributed by atoms with Crippen LogP contribution >= 0.6 is 0 Å². The highest BCUT2D eigenvalue weighted by Crippen LogP contribution is 2.39. The van der Waals surface area contributed by atoms with E-state index < -0.39 is 0 Å². The van der Waals surface area contributed by atoms with Crippen LogP contribution in [0.2, 0.25) is 0 Å². The first-order valence-corrected chi connectivity index (χ1v) is 10.4. The summed E-state index contributed by atoms with van der Waals surface area (Å²) in [6.07, 6.45) is 0.734. The molecule has 0 bridgehead atoms. The molecule has 166 valence electrons. The first kappa shape index (κ1) is 22.6. The molecule has 1 fully saturated rings. The number of ether oxygens (including phenoxy) is 3. The van der Waals surface area contributed by atoms with Crippen LogP contribution in [-0.4, -0.2) is 64.3 Å². The summed E-state index contributed by atoms with van der Waals surface area (Å²) in [5.41, 5.74) is 1.51. The molecule has 1 heterocycles. The van der Waals surface area contributed by atoms with Crippen LogP contribution in [0.1, 0.15) is 28.3 Å². The third-order valence-electron chi connectivity index (χ3n) is 5.63. The highest BCUT2D eigenvalue weighted by molar-refractivity contribution is 5.95. The molecular weight excluding hydrogens is 396 g/mol. The Morgan fingerprint density at radius 2 is 1.81 bits per heavy atom. The first-order chi connectivity index (χ1) is 15.1. The van der Waals surface area contributed by atoms with Gasteiger partial charge in [-0.1, -0.05) is 24.3 Å². The largest absolute Gasteiger partial charge is 0.497 e. The van der Waals surface area contributed by atoms with E-state index in [0.717, 1.165) is 12.0 Å². The first-order valence-electron chi connectivity index (χ1n) is 10.4. The molecule has 1 aliphatic rings. The Morgan fingerprint density at radius 1 is 1.03 bits per heavy atom. The zero-order valence-corrected chi connectivity index (χ0v) is 18.3. The van der Waals surface area contributed by atoms with Gasteiger partial charge in [-0.2, -0.15) is 0 Å². The van der Waals surface area contributed by atoms with Crippen molar-refractivity contribution >= 4 is 11.8 Å². The van der Waals surface area contributed by atoms with Crippen molar-refractivity contribution < 1.29 is 23.8 Å². The molecule has 1 saturated heterocycles. The number of nitrogens with one attached hydrogen (secondary N) is 1. The average Bonchev–Trinajstić information content (AvgIpc) is 3.26. The van der Waals surface area contributed by atoms with E-state index in [1.54, 1.807) is 38.4 Å². The van der Waals surface area contributed by atoms with E-state index in [1.807, 2.05) is 36.4 Å². The summed E-state index contributed by atoms with van der Waals surface area (Å²) in [5.74, 6) is 0.621. The summed E-state index contributed by atoms with van der Waals surface area (Å²) in [6, 6.07) is 14.7. The van der Waals surface area contributed by atoms with Gasteiger partial charge in [-0.05, 0) is 24.6 Å². The molecule has 0 radical (unpaired) electrons. The van der Waals surface area contributed by atoms with Crippen molar-refractivity contribution in [1.82, 2.24) is 10.2 Å². The minimum absolute atomic E-state index is 0.0673. The molecule has 7 nitrogen and oxygen atoms in total. The van der Waals surface area contributed by atoms with Crippen molar-refractivity contribution in [1.29, 1.82) is 0 Å². The van der Waals surface area contributed by atoms with Gasteiger partial charge in [0.2, 0.25) is 5.91 Å². The number of amides is 2. The standard InChI is InChI=1S/C24H30N2O5/c1-29-13-7-12-25-23(27)21-16-26(24(28)17-8-5-4-6-9-17)15-20(21)19-11-10-18(30-2)14-22(19)31-3/h4-6,8-11,14,20-21H,7,12-13,15-16H2,1-3H3,(H,25,27)/t20-,21+/m0/s1. The number of likely N-dealkylation sites (tertiary alicyclic amines) is 1. The molecule has 2 aromatic rings. The van der Waals surface area contributed by atoms with E-state index in [0.29, 0.717) is 43.3 Å². The molecule has 0 aromatic heterocycles. The molecule has 1 N–H and O–H groups in total. The molecule has 3 rings (SSSR count). The smallest absolute Gasteiger partial charge is 0.253 e. The quantitative estimate of drug-likeness (QED) is 0.624. The lowest BCUT2D eigenvalue weighted by atomic mass is 9.87. The Bertz CT molecular complexity index is 887. The Morgan fingerprint density at radius 3 is 2.48 bits per heavy atom. The van der Waals surface area contributed by atoms with Crippen molar-refractivity contribution in [3.05, 3.63) is 59.7 Å². The van der Waals surface area contributed by atoms with Gasteiger partial charge in [0.1, 0.15) is 11.5 Å². The van der Waals surface area contributed by atoms with Crippen molar-refractivity contribution in [3.63, 3.8) is 0 Å². The van der Waals surface area contributed by atoms with E-state index in [4.69, 9.17) is 14.2 Å². The average molecular weight is 427 g/mol. The van der Waals surface area contributed by atoms with E-state index in [1.165, 1.54) is 0 Å². The topological polar surface area (TPSA) is 77.1 Å². The molecule has 0 spiro atoms. The van der Waals surface area contributed by atoms with E-state index in [2.05, 4.69) is 5.32 Å². The minimum atomic E-state index is -0.377. The van der Waals surface area contributed by atoms with Gasteiger partial charge in [0, 0.05) is 56.5 Å². The zero-order chi connectivity index (χ0) is 22.2. The number of hydrogen-bond acceptors (Lipinski definition) is 5. The summed E-state index contributed by atoms with van der Waals surface area (Å²) >= 11 is 0. The Balaban J connectivity index is 1.86. The number of rotatable bonds is 9. The summed E-state index contributed by atoms with van der Waals surface area (Å²) in [7, 11) is 4.83. The highest BCUT2D eigenvalue weighted by Gasteiger charge is 2.41. The highest BCUT2D eigenvalue weighted by atomic mass is 16.5. The summed E-state index contributed by atoms with van der Waals surface area (Å²) < 4.78 is 16.0. The number of benzene rings is 2. The monoisotopic (exact) mass is 426 g/mol. The van der Waals surface area contributed by atoms with Crippen molar-refractivity contribution in [2.24, 2.45) is 5.92 Å². The van der Waals surface area contributed by atoms with E-state index in [9.17, 15) is 9.59 Å². The van der Waals surface area contributed by atoms with E-state index in [-0.39, 0.29) is 23.7 Å². The Labute approximate surface area is 183 Å². The maximum Gasteiger partial charge on any atom is 0.253 e. The lowest BCUT2D eigenvalue weighted by Gasteiger charge is -2.21. The fraction of sp³-hybridized carbons (Fsp3) is 0.417. The Hall–Kier alpha value is -3.06. The maximum absolute atomic E-state index is 13.1. The molecule has 31 heavy (non-hydrogen) atoms. The SMILES string of the molecule is COCCCNC(=O)[C@@H]1CN(C(=O)c2ccccc2)C[C@H]1c1ccc(OC)cc1OC. The van der Waals surface area contributed by atoms with Crippen LogP contribution in [0.15, 0.2) is 48.5 Å². The number of methoxy groups -OCH3 is 3. The van der Waals surface area contributed by atoms with Gasteiger partial charge in [0.15, 0.2) is 0 Å². The second-order valence-corrected chi connectivity index (χ2v) is 7.53. The van der Waals surface area contributed by atoms with Crippen LogP contribution in [-0.2, 0) is 9.53 Å². The van der Waals surface area contributed by atoms with Crippen LogP contribution in [0, 0.1) is 5.92 Å². The number of nitrogens with zero attached hydrogens (tertiary/aromatic N) is 1. The van der Waals surface area contributed by atoms with Crippen LogP contribution in [0.4, 0.5) is 0 Å². The van der Waals surface area contributed by atoms with Crippen LogP contribution in [0.5, 0.6) is 11.5 Å². The van der Waals surface area contributed by atoms with Gasteiger partial charge in [-0.3, -0.25) is 9.59 Å². The fourth-order valence-corrected chi connectivity index (χ4v) is 4.00. The van der Waals surface area contributed by atoms with Gasteiger partial charge in [-0.25, -0.2) is 0 Å². The fourth-order valence-electron chi connectivity index (χ4n) is 4.00. The van der Waals surface area contributed by atoms with Crippen LogP contribution < -0.4 is 14.8 Å². The molecule has 2 atom stereocenters. The normalized spacial score (nSPS) is 18.0. The molecule has 2 aromatic carbocycles. The molecule has 0 aliphatic carbocycles. The van der Waals surface area contributed by atoms with E-state index >= 15 is 0 Å². The minimum Gasteiger partial charge on any atom is -0.497 e. The van der Waals surface area contributed by atoms with Crippen LogP contribution in [0.3, 0.4) is 0 Å². The third kappa shape index (κ3) is 5.35. The van der Waals surface area contributed by atoms with Gasteiger partial charge in [0.25, 0.3) is 5.91 Å². The molecular formula is C24H30N2O5. The lowest BCUT2D eigenvalue weighted by Crippen LogP contribution is -2.36. The summed E-state index contributed by atoms with van der Waals surface area (Å²) in [5, 5.41) is 3.00. The zero-order valence-electron chi connectivity index (χ0n) is 18.3. The summed E-state index contributed by atoms with van der Waals surface area (Å²) in [4.78, 5) is 27.9. The van der Waals surface area contributed by atoms with Crippen molar-refractivity contribution in [2.45, 2.75) is 12.3 Å². The Kier molecular flexibility index (Phi) is 7.89. The molecule has 7 heteroatoms. The van der Waals surface area contributed by atoms with Gasteiger partial charge < -0.3 is 24.4 Å². The second-order valence-electron chi connectivity index (χ2n) is 7.53. The second kappa shape index (κ2) is 10.8. The molecule has 2 amide bonds. The molecule has 0 unspecified atom stereocenters. The van der Waals surface area contributed by atoms with Gasteiger partial charge >= 0.3 is 0 Å². The van der Waals surface area contributed by atoms with Crippen molar-refractivity contribution in [2.75, 3.05) is 47.6 Å².